The first kappa shape index (κ1) is 24.8. The number of anilines is 1. The maximum absolute atomic E-state index is 13.1. The van der Waals surface area contributed by atoms with E-state index in [4.69, 9.17) is 11.6 Å². The summed E-state index contributed by atoms with van der Waals surface area (Å²) in [6.45, 7) is 0.411. The monoisotopic (exact) mass is 523 g/mol. The molecule has 33 heavy (non-hydrogen) atoms. The Morgan fingerprint density at radius 2 is 1.94 bits per heavy atom. The van der Waals surface area contributed by atoms with Crippen molar-refractivity contribution in [3.8, 4) is 0 Å². The number of pyridine rings is 1. The van der Waals surface area contributed by atoms with Crippen molar-refractivity contribution < 1.29 is 13.2 Å². The number of halogens is 2. The smallest absolute Gasteiger partial charge is 0.264 e. The van der Waals surface area contributed by atoms with Crippen LogP contribution in [0.15, 0.2) is 65.7 Å². The van der Waals surface area contributed by atoms with E-state index in [2.05, 4.69) is 18.5 Å². The van der Waals surface area contributed by atoms with Crippen LogP contribution in [0.2, 0.25) is 5.02 Å². The number of sulfonamides is 1. The second-order valence-corrected chi connectivity index (χ2v) is 9.60. The third-order valence-electron chi connectivity index (χ3n) is 4.77. The lowest BCUT2D eigenvalue weighted by atomic mass is 10.1. The second kappa shape index (κ2) is 10.4. The predicted molar refractivity (Wildman–Crippen MR) is 132 cm³/mol. The Hall–Kier alpha value is -2.79. The minimum Gasteiger partial charge on any atom is -0.341 e. The second-order valence-electron chi connectivity index (χ2n) is 6.98. The van der Waals surface area contributed by atoms with Gasteiger partial charge >= 0.3 is 0 Å². The van der Waals surface area contributed by atoms with Gasteiger partial charge in [0.05, 0.1) is 23.0 Å². The van der Waals surface area contributed by atoms with Gasteiger partial charge in [0, 0.05) is 36.9 Å². The van der Waals surface area contributed by atoms with E-state index < -0.39 is 10.0 Å². The van der Waals surface area contributed by atoms with Crippen molar-refractivity contribution in [1.29, 1.82) is 0 Å². The summed E-state index contributed by atoms with van der Waals surface area (Å²) in [5.41, 5.74) is 1.88. The third kappa shape index (κ3) is 5.59. The van der Waals surface area contributed by atoms with E-state index in [-0.39, 0.29) is 40.0 Å². The topological polar surface area (TPSA) is 105 Å². The number of hydrogen-bond acceptors (Lipinski definition) is 7. The van der Waals surface area contributed by atoms with Gasteiger partial charge in [-0.05, 0) is 42.5 Å². The predicted octanol–water partition coefficient (Wildman–Crippen LogP) is 4.28. The molecule has 1 N–H and O–H groups in total. The van der Waals surface area contributed by atoms with Crippen molar-refractivity contribution in [3.63, 3.8) is 0 Å². The minimum atomic E-state index is -4.05. The summed E-state index contributed by atoms with van der Waals surface area (Å²) in [6, 6.07) is 14.8. The Kier molecular flexibility index (Phi) is 7.85. The molecule has 12 heteroatoms. The quantitative estimate of drug-likeness (QED) is 0.387. The summed E-state index contributed by atoms with van der Waals surface area (Å²) >= 11 is 7.03. The lowest BCUT2D eigenvalue weighted by Crippen LogP contribution is -2.30. The lowest BCUT2D eigenvalue weighted by Gasteiger charge is -2.20. The molecule has 0 unspecified atom stereocenters. The standard InChI is InChI=1S/C21H18ClN5O3S2.ClH/c1-27(12-10-15-5-2-3-11-23-15)21(28)16-9-8-14(22)13-18(16)26-32(29,30)19-7-4-6-17-20(19)25-31-24-17;/h2-9,11,13,26H,10,12H2,1H3;1H. The number of rotatable bonds is 7. The number of fused-ring (bicyclic) bond motifs is 1. The molecule has 0 aliphatic heterocycles. The van der Waals surface area contributed by atoms with Crippen LogP contribution in [0.25, 0.3) is 11.0 Å². The van der Waals surface area contributed by atoms with Crippen LogP contribution in [-0.2, 0) is 16.4 Å². The molecule has 0 aliphatic carbocycles. The number of likely N-dealkylation sites (N-methyl/N-ethyl adjacent to an activating group) is 1. The Balaban J connectivity index is 0.00000306. The summed E-state index contributed by atoms with van der Waals surface area (Å²) < 4.78 is 36.9. The maximum Gasteiger partial charge on any atom is 0.264 e. The van der Waals surface area contributed by atoms with Crippen LogP contribution in [0.3, 0.4) is 0 Å². The largest absolute Gasteiger partial charge is 0.341 e. The van der Waals surface area contributed by atoms with Gasteiger partial charge in [0.15, 0.2) is 0 Å². The van der Waals surface area contributed by atoms with E-state index >= 15 is 0 Å². The van der Waals surface area contributed by atoms with E-state index in [1.807, 2.05) is 18.2 Å². The van der Waals surface area contributed by atoms with Crippen LogP contribution in [0, 0.1) is 0 Å². The fourth-order valence-corrected chi connectivity index (χ4v) is 5.13. The highest BCUT2D eigenvalue weighted by molar-refractivity contribution is 7.93. The summed E-state index contributed by atoms with van der Waals surface area (Å²) in [4.78, 5) is 18.8. The van der Waals surface area contributed by atoms with E-state index in [0.717, 1.165) is 17.4 Å². The molecule has 2 aromatic heterocycles. The number of carbonyl (C=O) groups is 1. The van der Waals surface area contributed by atoms with Crippen LogP contribution >= 0.6 is 35.7 Å². The lowest BCUT2D eigenvalue weighted by molar-refractivity contribution is 0.0797. The van der Waals surface area contributed by atoms with Gasteiger partial charge in [-0.3, -0.25) is 14.5 Å². The molecule has 8 nitrogen and oxygen atoms in total. The molecule has 0 bridgehead atoms. The van der Waals surface area contributed by atoms with E-state index in [1.54, 1.807) is 31.4 Å². The number of aromatic nitrogens is 3. The molecule has 4 aromatic rings. The van der Waals surface area contributed by atoms with Crippen LogP contribution in [0.4, 0.5) is 5.69 Å². The van der Waals surface area contributed by atoms with Gasteiger partial charge in [0.25, 0.3) is 15.9 Å². The van der Waals surface area contributed by atoms with E-state index in [0.29, 0.717) is 23.5 Å². The fourth-order valence-electron chi connectivity index (χ4n) is 3.12. The Bertz CT molecular complexity index is 1380. The first-order chi connectivity index (χ1) is 15.3. The van der Waals surface area contributed by atoms with Gasteiger partial charge in [0.2, 0.25) is 0 Å². The highest BCUT2D eigenvalue weighted by atomic mass is 35.5. The zero-order valence-corrected chi connectivity index (χ0v) is 20.5. The molecule has 1 amide bonds. The summed E-state index contributed by atoms with van der Waals surface area (Å²) in [6.07, 6.45) is 2.26. The molecule has 2 aromatic carbocycles. The molecule has 0 saturated heterocycles. The Morgan fingerprint density at radius 1 is 1.12 bits per heavy atom. The third-order valence-corrected chi connectivity index (χ3v) is 6.95. The van der Waals surface area contributed by atoms with Crippen LogP contribution in [-0.4, -0.2) is 46.5 Å². The molecular formula is C21H19Cl2N5O3S2. The highest BCUT2D eigenvalue weighted by Gasteiger charge is 2.24. The van der Waals surface area contributed by atoms with Gasteiger partial charge in [-0.15, -0.1) is 12.4 Å². The fraction of sp³-hybridized carbons (Fsp3) is 0.143. The summed E-state index contributed by atoms with van der Waals surface area (Å²) in [5, 5.41) is 0.295. The van der Waals surface area contributed by atoms with E-state index in [9.17, 15) is 13.2 Å². The van der Waals surface area contributed by atoms with Crippen molar-refractivity contribution in [2.75, 3.05) is 18.3 Å². The molecule has 0 aliphatic rings. The molecule has 0 saturated carbocycles. The molecule has 2 heterocycles. The maximum atomic E-state index is 13.1. The summed E-state index contributed by atoms with van der Waals surface area (Å²) in [7, 11) is -2.40. The zero-order chi connectivity index (χ0) is 22.7. The molecule has 0 radical (unpaired) electrons. The highest BCUT2D eigenvalue weighted by Crippen LogP contribution is 2.28. The van der Waals surface area contributed by atoms with Gasteiger partial charge in [-0.2, -0.15) is 8.75 Å². The normalized spacial score (nSPS) is 11.1. The van der Waals surface area contributed by atoms with Crippen LogP contribution < -0.4 is 4.72 Å². The van der Waals surface area contributed by atoms with Crippen LogP contribution in [0.1, 0.15) is 16.1 Å². The molecule has 0 atom stereocenters. The van der Waals surface area contributed by atoms with Crippen molar-refractivity contribution in [1.82, 2.24) is 18.6 Å². The molecular weight excluding hydrogens is 505 g/mol. The van der Waals surface area contributed by atoms with Crippen molar-refractivity contribution >= 4 is 68.4 Å². The molecule has 0 spiro atoms. The average molecular weight is 524 g/mol. The van der Waals surface area contributed by atoms with Gasteiger partial charge in [-0.1, -0.05) is 23.7 Å². The minimum absolute atomic E-state index is 0. The number of nitrogens with one attached hydrogen (secondary N) is 1. The van der Waals surface area contributed by atoms with Gasteiger partial charge < -0.3 is 4.90 Å². The van der Waals surface area contributed by atoms with Crippen molar-refractivity contribution in [2.24, 2.45) is 0 Å². The summed E-state index contributed by atoms with van der Waals surface area (Å²) in [5.74, 6) is -0.344. The van der Waals surface area contributed by atoms with Gasteiger partial charge in [0.1, 0.15) is 15.9 Å². The first-order valence-corrected chi connectivity index (χ1v) is 12.1. The zero-order valence-electron chi connectivity index (χ0n) is 17.3. The number of hydrogen-bond donors (Lipinski definition) is 1. The molecule has 4 rings (SSSR count). The number of amides is 1. The number of benzene rings is 2. The number of carbonyl (C=O) groups excluding carboxylic acids is 1. The van der Waals surface area contributed by atoms with E-state index in [1.165, 1.54) is 23.1 Å². The first-order valence-electron chi connectivity index (χ1n) is 9.54. The number of nitrogens with zero attached hydrogens (tertiary/aromatic N) is 4. The van der Waals surface area contributed by atoms with Crippen LogP contribution in [0.5, 0.6) is 0 Å². The average Bonchev–Trinajstić information content (AvgIpc) is 3.26. The Labute approximate surface area is 206 Å². The van der Waals surface area contributed by atoms with Crippen molar-refractivity contribution in [2.45, 2.75) is 11.3 Å². The Morgan fingerprint density at radius 3 is 2.70 bits per heavy atom. The molecule has 0 fully saturated rings. The van der Waals surface area contributed by atoms with Gasteiger partial charge in [-0.25, -0.2) is 8.42 Å². The SMILES string of the molecule is CN(CCc1ccccn1)C(=O)c1ccc(Cl)cc1NS(=O)(=O)c1cccc2nsnc12.Cl. The molecule has 172 valence electrons. The van der Waals surface area contributed by atoms with Crippen molar-refractivity contribution in [3.05, 3.63) is 77.1 Å².